The molecule has 0 spiro atoms. The summed E-state index contributed by atoms with van der Waals surface area (Å²) in [5, 5.41) is 0. The van der Waals surface area contributed by atoms with Gasteiger partial charge in [0.05, 0.1) is 12.2 Å². The topological polar surface area (TPSA) is 38.8 Å². The summed E-state index contributed by atoms with van der Waals surface area (Å²) in [6.07, 6.45) is 0.471. The number of carbonyl (C=O) groups is 1. The highest BCUT2D eigenvalue weighted by Gasteiger charge is 2.28. The van der Waals surface area contributed by atoms with E-state index >= 15 is 0 Å². The minimum Gasteiger partial charge on any atom is -0.484 e. The quantitative estimate of drug-likeness (QED) is 0.689. The van der Waals surface area contributed by atoms with Crippen LogP contribution in [0.15, 0.2) is 9.46 Å². The maximum absolute atomic E-state index is 11.9. The van der Waals surface area contributed by atoms with Crippen molar-refractivity contribution in [2.75, 3.05) is 13.2 Å². The molecule has 1 aliphatic heterocycles. The zero-order valence-electron chi connectivity index (χ0n) is 10.2. The smallest absolute Gasteiger partial charge is 0.414 e. The van der Waals surface area contributed by atoms with Crippen LogP contribution in [-0.2, 0) is 9.47 Å². The molecule has 0 radical (unpaired) electrons. The summed E-state index contributed by atoms with van der Waals surface area (Å²) in [5.41, 5.74) is 0.445. The molecule has 0 unspecified atom stereocenters. The molecule has 16 heavy (non-hydrogen) atoms. The van der Waals surface area contributed by atoms with E-state index in [9.17, 15) is 4.79 Å². The van der Waals surface area contributed by atoms with Gasteiger partial charge in [0, 0.05) is 22.6 Å². The number of carbonyl (C=O) groups excluding carboxylic acids is 1. The first-order valence-corrected chi connectivity index (χ1v) is 6.45. The van der Waals surface area contributed by atoms with Crippen LogP contribution in [0.2, 0.25) is 0 Å². The molecule has 0 aromatic heterocycles. The summed E-state index contributed by atoms with van der Waals surface area (Å²) >= 11 is 2.11. The predicted octanol–water partition coefficient (Wildman–Crippen LogP) is 3.27. The molecular weight excluding hydrogens is 321 g/mol. The van der Waals surface area contributed by atoms with Crippen molar-refractivity contribution < 1.29 is 14.3 Å². The highest BCUT2D eigenvalue weighted by molar-refractivity contribution is 14.1. The second-order valence-electron chi connectivity index (χ2n) is 4.55. The van der Waals surface area contributed by atoms with Crippen molar-refractivity contribution in [2.24, 2.45) is 0 Å². The lowest BCUT2D eigenvalue weighted by atomic mass is 10.2. The lowest BCUT2D eigenvalue weighted by molar-refractivity contribution is 0.0223. The fourth-order valence-corrected chi connectivity index (χ4v) is 2.29. The lowest BCUT2D eigenvalue weighted by Gasteiger charge is -2.32. The zero-order valence-corrected chi connectivity index (χ0v) is 12.3. The molecule has 0 fully saturated rings. The molecule has 0 atom stereocenters. The van der Waals surface area contributed by atoms with Crippen molar-refractivity contribution in [3.63, 3.8) is 0 Å². The van der Waals surface area contributed by atoms with Crippen molar-refractivity contribution in [1.29, 1.82) is 0 Å². The van der Waals surface area contributed by atoms with Crippen LogP contribution in [0.3, 0.4) is 0 Å². The van der Waals surface area contributed by atoms with E-state index < -0.39 is 5.60 Å². The van der Waals surface area contributed by atoms with Gasteiger partial charge in [-0.1, -0.05) is 6.92 Å². The molecule has 5 heteroatoms. The van der Waals surface area contributed by atoms with Crippen molar-refractivity contribution >= 4 is 28.7 Å². The van der Waals surface area contributed by atoms with Gasteiger partial charge in [0.25, 0.3) is 0 Å². The number of ether oxygens (including phenoxy) is 2. The molecule has 0 aromatic rings. The Bertz CT molecular complexity index is 307. The molecule has 92 valence electrons. The fraction of sp³-hybridized carbons (Fsp3) is 0.727. The standard InChI is InChI=1S/C11H18INO3/c1-5-8-9(12)15-7-6-13(8)10(14)16-11(2,3)4/h5-7H2,1-4H3. The van der Waals surface area contributed by atoms with Crippen molar-refractivity contribution in [2.45, 2.75) is 39.7 Å². The molecule has 4 nitrogen and oxygen atoms in total. The molecule has 0 aromatic carbocycles. The first-order chi connectivity index (χ1) is 7.35. The Labute approximate surface area is 110 Å². The van der Waals surface area contributed by atoms with Gasteiger partial charge in [-0.25, -0.2) is 4.79 Å². The summed E-state index contributed by atoms with van der Waals surface area (Å²) in [5.74, 6) is 0. The maximum atomic E-state index is 11.9. The number of allylic oxidation sites excluding steroid dienone is 1. The molecule has 1 aliphatic rings. The molecule has 1 amide bonds. The van der Waals surface area contributed by atoms with E-state index in [4.69, 9.17) is 9.47 Å². The second-order valence-corrected chi connectivity index (χ2v) is 5.53. The average Bonchev–Trinajstić information content (AvgIpc) is 2.14. The Kier molecular flexibility index (Phi) is 4.46. The van der Waals surface area contributed by atoms with E-state index in [1.165, 1.54) is 0 Å². The van der Waals surface area contributed by atoms with Gasteiger partial charge in [-0.2, -0.15) is 0 Å². The summed E-state index contributed by atoms with van der Waals surface area (Å²) < 4.78 is 11.5. The molecule has 1 heterocycles. The van der Waals surface area contributed by atoms with Gasteiger partial charge < -0.3 is 9.47 Å². The third-order valence-electron chi connectivity index (χ3n) is 2.05. The third-order valence-corrected chi connectivity index (χ3v) is 2.98. The largest absolute Gasteiger partial charge is 0.484 e. The van der Waals surface area contributed by atoms with Crippen LogP contribution < -0.4 is 0 Å². The van der Waals surface area contributed by atoms with Crippen LogP contribution in [-0.4, -0.2) is 29.7 Å². The number of amides is 1. The highest BCUT2D eigenvalue weighted by atomic mass is 127. The van der Waals surface area contributed by atoms with Crippen molar-refractivity contribution in [3.05, 3.63) is 9.46 Å². The Morgan fingerprint density at radius 3 is 2.69 bits per heavy atom. The highest BCUT2D eigenvalue weighted by Crippen LogP contribution is 2.26. The minimum absolute atomic E-state index is 0.290. The minimum atomic E-state index is -0.459. The number of nitrogens with zero attached hydrogens (tertiary/aromatic N) is 1. The van der Waals surface area contributed by atoms with E-state index in [0.29, 0.717) is 13.2 Å². The number of hydrogen-bond acceptors (Lipinski definition) is 3. The van der Waals surface area contributed by atoms with E-state index in [-0.39, 0.29) is 6.09 Å². The number of halogens is 1. The van der Waals surface area contributed by atoms with Gasteiger partial charge in [0.15, 0.2) is 3.77 Å². The van der Waals surface area contributed by atoms with E-state index in [0.717, 1.165) is 15.9 Å². The monoisotopic (exact) mass is 339 g/mol. The van der Waals surface area contributed by atoms with Gasteiger partial charge in [-0.05, 0) is 27.2 Å². The van der Waals surface area contributed by atoms with Crippen LogP contribution in [0.4, 0.5) is 4.79 Å². The molecule has 0 saturated carbocycles. The summed E-state index contributed by atoms with van der Waals surface area (Å²) in [6.45, 7) is 8.69. The SMILES string of the molecule is CCC1=C(I)OCCN1C(=O)OC(C)(C)C. The maximum Gasteiger partial charge on any atom is 0.414 e. The predicted molar refractivity (Wildman–Crippen MR) is 70.2 cm³/mol. The molecule has 0 N–H and O–H groups in total. The van der Waals surface area contributed by atoms with Crippen molar-refractivity contribution in [3.8, 4) is 0 Å². The van der Waals surface area contributed by atoms with Gasteiger partial charge in [-0.3, -0.25) is 4.90 Å². The third kappa shape index (κ3) is 3.54. The van der Waals surface area contributed by atoms with E-state index in [1.54, 1.807) is 4.90 Å². The normalized spacial score (nSPS) is 17.2. The fourth-order valence-electron chi connectivity index (χ4n) is 1.40. The molecule has 0 aliphatic carbocycles. The van der Waals surface area contributed by atoms with Crippen LogP contribution in [0.5, 0.6) is 0 Å². The second kappa shape index (κ2) is 5.25. The van der Waals surface area contributed by atoms with Crippen molar-refractivity contribution in [1.82, 2.24) is 4.90 Å². The molecule has 0 bridgehead atoms. The van der Waals surface area contributed by atoms with Crippen LogP contribution in [0.25, 0.3) is 0 Å². The Hall–Kier alpha value is -0.460. The van der Waals surface area contributed by atoms with Gasteiger partial charge >= 0.3 is 6.09 Å². The Morgan fingerprint density at radius 2 is 2.19 bits per heavy atom. The van der Waals surface area contributed by atoms with Crippen LogP contribution in [0, 0.1) is 0 Å². The summed E-state index contributed by atoms with van der Waals surface area (Å²) in [4.78, 5) is 13.6. The molecule has 0 saturated heterocycles. The first kappa shape index (κ1) is 13.6. The average molecular weight is 339 g/mol. The zero-order chi connectivity index (χ0) is 12.3. The number of hydrogen-bond donors (Lipinski definition) is 0. The number of rotatable bonds is 1. The molecular formula is C11H18INO3. The summed E-state index contributed by atoms with van der Waals surface area (Å²) in [6, 6.07) is 0. The Balaban J connectivity index is 2.79. The summed E-state index contributed by atoms with van der Waals surface area (Å²) in [7, 11) is 0. The van der Waals surface area contributed by atoms with Crippen LogP contribution >= 0.6 is 22.6 Å². The van der Waals surface area contributed by atoms with Crippen LogP contribution in [0.1, 0.15) is 34.1 Å². The Morgan fingerprint density at radius 1 is 1.56 bits per heavy atom. The van der Waals surface area contributed by atoms with Gasteiger partial charge in [-0.15, -0.1) is 0 Å². The van der Waals surface area contributed by atoms with E-state index in [1.807, 2.05) is 27.7 Å². The lowest BCUT2D eigenvalue weighted by Crippen LogP contribution is -2.40. The van der Waals surface area contributed by atoms with Gasteiger partial charge in [0.2, 0.25) is 0 Å². The van der Waals surface area contributed by atoms with Gasteiger partial charge in [0.1, 0.15) is 12.2 Å². The first-order valence-electron chi connectivity index (χ1n) is 5.37. The van der Waals surface area contributed by atoms with E-state index in [2.05, 4.69) is 22.6 Å². The molecule has 1 rings (SSSR count).